The van der Waals surface area contributed by atoms with Gasteiger partial charge >= 0.3 is 5.97 Å². The van der Waals surface area contributed by atoms with Crippen LogP contribution in [0.15, 0.2) is 70.4 Å². The lowest BCUT2D eigenvalue weighted by atomic mass is 9.47. The molecule has 0 N–H and O–H groups in total. The molecule has 3 saturated carbocycles. The summed E-state index contributed by atoms with van der Waals surface area (Å²) in [6, 6.07) is 15.0. The molecule has 0 aliphatic heterocycles. The van der Waals surface area contributed by atoms with Crippen molar-refractivity contribution in [2.24, 2.45) is 56.6 Å². The Kier molecular flexibility index (Phi) is 12.5. The average molecular weight is 695 g/mol. The number of esters is 1. The van der Waals surface area contributed by atoms with Gasteiger partial charge in [-0.3, -0.25) is 0 Å². The van der Waals surface area contributed by atoms with Crippen molar-refractivity contribution in [3.63, 3.8) is 0 Å². The lowest BCUT2D eigenvalue weighted by Gasteiger charge is -2.58. The minimum Gasteiger partial charge on any atom is -0.494 e. The van der Waals surface area contributed by atoms with E-state index in [1.54, 1.807) is 5.57 Å². The van der Waals surface area contributed by atoms with Gasteiger partial charge < -0.3 is 9.47 Å². The summed E-state index contributed by atoms with van der Waals surface area (Å²) in [4.78, 5) is 13.3. The van der Waals surface area contributed by atoms with Crippen molar-refractivity contribution in [1.82, 2.24) is 0 Å². The first-order valence-electron chi connectivity index (χ1n) is 20.8. The van der Waals surface area contributed by atoms with E-state index in [4.69, 9.17) is 9.47 Å². The van der Waals surface area contributed by atoms with Crippen molar-refractivity contribution < 1.29 is 14.3 Å². The number of ether oxygens (including phenoxy) is 2. The number of nitrogens with zero attached hydrogens (tertiary/aromatic N) is 2. The molecule has 0 spiro atoms. The molecule has 278 valence electrons. The summed E-state index contributed by atoms with van der Waals surface area (Å²) < 4.78 is 12.0. The van der Waals surface area contributed by atoms with E-state index >= 15 is 0 Å². The number of carbonyl (C=O) groups excluding carboxylic acids is 1. The molecule has 0 radical (unpaired) electrons. The van der Waals surface area contributed by atoms with Crippen LogP contribution in [0, 0.1) is 46.3 Å². The monoisotopic (exact) mass is 695 g/mol. The lowest BCUT2D eigenvalue weighted by Crippen LogP contribution is -2.51. The van der Waals surface area contributed by atoms with Gasteiger partial charge in [-0.05, 0) is 146 Å². The summed E-state index contributed by atoms with van der Waals surface area (Å²) in [6.07, 6.45) is 21.3. The molecule has 2 aromatic carbocycles. The molecule has 0 unspecified atom stereocenters. The quantitative estimate of drug-likeness (QED) is 0.0807. The van der Waals surface area contributed by atoms with Gasteiger partial charge in [-0.1, -0.05) is 91.7 Å². The molecule has 3 fully saturated rings. The Labute approximate surface area is 309 Å². The van der Waals surface area contributed by atoms with Gasteiger partial charge in [0, 0.05) is 6.42 Å². The predicted octanol–water partition coefficient (Wildman–Crippen LogP) is 13.6. The Bertz CT molecular complexity index is 1500. The molecule has 2 aromatic rings. The van der Waals surface area contributed by atoms with Crippen LogP contribution in [0.2, 0.25) is 0 Å². The third-order valence-electron chi connectivity index (χ3n) is 14.0. The molecule has 0 aromatic heterocycles. The van der Waals surface area contributed by atoms with Crippen LogP contribution in [-0.2, 0) is 4.74 Å². The van der Waals surface area contributed by atoms with Crippen molar-refractivity contribution in [2.75, 3.05) is 6.61 Å². The number of hydrogen-bond acceptors (Lipinski definition) is 5. The molecule has 0 saturated heterocycles. The van der Waals surface area contributed by atoms with E-state index in [1.807, 2.05) is 48.5 Å². The lowest BCUT2D eigenvalue weighted by molar-refractivity contribution is -0.0594. The molecule has 5 heteroatoms. The maximum atomic E-state index is 13.3. The average Bonchev–Trinajstić information content (AvgIpc) is 3.48. The fourth-order valence-corrected chi connectivity index (χ4v) is 11.1. The van der Waals surface area contributed by atoms with Crippen LogP contribution in [0.4, 0.5) is 11.4 Å². The van der Waals surface area contributed by atoms with Gasteiger partial charge in [0.05, 0.1) is 23.5 Å². The minimum atomic E-state index is -0.236. The summed E-state index contributed by atoms with van der Waals surface area (Å²) in [7, 11) is 0. The predicted molar refractivity (Wildman–Crippen MR) is 209 cm³/mol. The summed E-state index contributed by atoms with van der Waals surface area (Å²) >= 11 is 0. The first-order valence-corrected chi connectivity index (χ1v) is 20.8. The van der Waals surface area contributed by atoms with Gasteiger partial charge in [0.1, 0.15) is 11.9 Å². The van der Waals surface area contributed by atoms with E-state index in [1.165, 1.54) is 70.6 Å². The Hall–Kier alpha value is -2.95. The van der Waals surface area contributed by atoms with Gasteiger partial charge in [0.25, 0.3) is 0 Å². The van der Waals surface area contributed by atoms with Crippen molar-refractivity contribution in [1.29, 1.82) is 0 Å². The highest BCUT2D eigenvalue weighted by molar-refractivity contribution is 5.89. The maximum Gasteiger partial charge on any atom is 0.338 e. The number of azo groups is 1. The van der Waals surface area contributed by atoms with Crippen LogP contribution in [0.25, 0.3) is 0 Å². The molecule has 4 aliphatic carbocycles. The standard InChI is InChI=1S/C46H66N2O3/c1-7-8-9-10-30-50-38-21-19-37(20-22-38)48-47-36-17-14-34(15-18-36)44(49)51-39-26-28-45(5)35(31-39)16-23-40-42-25-24-41(33(4)13-11-12-32(2)3)46(42,6)29-27-43(40)45/h14-22,32-33,39-43H,7-13,23-31H2,1-6H3/t33-,39+,40+,41-,42+,43+,45+,46-/m1/s1. The van der Waals surface area contributed by atoms with Crippen LogP contribution in [0.3, 0.4) is 0 Å². The van der Waals surface area contributed by atoms with Crippen LogP contribution >= 0.6 is 0 Å². The number of rotatable bonds is 15. The largest absolute Gasteiger partial charge is 0.494 e. The van der Waals surface area contributed by atoms with Gasteiger partial charge in [-0.25, -0.2) is 4.79 Å². The number of allylic oxidation sites excluding steroid dienone is 1. The Morgan fingerprint density at radius 1 is 0.824 bits per heavy atom. The maximum absolute atomic E-state index is 13.3. The normalized spacial score (nSPS) is 30.7. The molecule has 51 heavy (non-hydrogen) atoms. The van der Waals surface area contributed by atoms with E-state index < -0.39 is 0 Å². The van der Waals surface area contributed by atoms with Crippen molar-refractivity contribution in [2.45, 2.75) is 144 Å². The van der Waals surface area contributed by atoms with Crippen LogP contribution in [0.1, 0.15) is 148 Å². The molecular weight excluding hydrogens is 629 g/mol. The SMILES string of the molecule is CCCCCCOc1ccc(N=Nc2ccc(C(=O)O[C@H]3CC[C@@]4(C)C(=CC[C@H]5[C@@H]6CC[C@H]([C@H](C)CCCC(C)C)[C@@]6(C)CC[C@@H]54)C3)cc2)cc1. The second kappa shape index (κ2) is 16.8. The third kappa shape index (κ3) is 8.65. The van der Waals surface area contributed by atoms with E-state index in [9.17, 15) is 4.79 Å². The first-order chi connectivity index (χ1) is 24.6. The Morgan fingerprint density at radius 2 is 1.55 bits per heavy atom. The summed E-state index contributed by atoms with van der Waals surface area (Å²) in [5.41, 5.74) is 4.37. The molecular formula is C46H66N2O3. The van der Waals surface area contributed by atoms with Gasteiger partial charge in [0.15, 0.2) is 0 Å². The smallest absolute Gasteiger partial charge is 0.338 e. The van der Waals surface area contributed by atoms with Crippen LogP contribution in [-0.4, -0.2) is 18.7 Å². The van der Waals surface area contributed by atoms with Gasteiger partial charge in [-0.2, -0.15) is 10.2 Å². The summed E-state index contributed by atoms with van der Waals surface area (Å²) in [5, 5.41) is 8.76. The zero-order valence-electron chi connectivity index (χ0n) is 32.7. The van der Waals surface area contributed by atoms with Gasteiger partial charge in [0.2, 0.25) is 0 Å². The molecule has 0 heterocycles. The molecule has 8 atom stereocenters. The van der Waals surface area contributed by atoms with Gasteiger partial charge in [-0.15, -0.1) is 0 Å². The highest BCUT2D eigenvalue weighted by atomic mass is 16.5. The number of fused-ring (bicyclic) bond motifs is 5. The van der Waals surface area contributed by atoms with Crippen LogP contribution < -0.4 is 4.74 Å². The number of hydrogen-bond donors (Lipinski definition) is 0. The fourth-order valence-electron chi connectivity index (χ4n) is 11.1. The Morgan fingerprint density at radius 3 is 2.25 bits per heavy atom. The first kappa shape index (κ1) is 37.8. The third-order valence-corrected chi connectivity index (χ3v) is 14.0. The zero-order chi connectivity index (χ0) is 36.0. The molecule has 4 aliphatic rings. The second-order valence-corrected chi connectivity index (χ2v) is 17.7. The molecule has 5 nitrogen and oxygen atoms in total. The topological polar surface area (TPSA) is 60.2 Å². The highest BCUT2D eigenvalue weighted by Crippen LogP contribution is 2.67. The van der Waals surface area contributed by atoms with E-state index in [2.05, 4.69) is 57.8 Å². The van der Waals surface area contributed by atoms with Crippen molar-refractivity contribution in [3.05, 3.63) is 65.7 Å². The number of unbranched alkanes of at least 4 members (excludes halogenated alkanes) is 3. The summed E-state index contributed by atoms with van der Waals surface area (Å²) in [6.45, 7) is 15.5. The van der Waals surface area contributed by atoms with Crippen molar-refractivity contribution >= 4 is 17.3 Å². The number of benzene rings is 2. The second-order valence-electron chi connectivity index (χ2n) is 17.7. The van der Waals surface area contributed by atoms with Crippen LogP contribution in [0.5, 0.6) is 5.75 Å². The van der Waals surface area contributed by atoms with E-state index in [0.717, 1.165) is 79.2 Å². The van der Waals surface area contributed by atoms with E-state index in [0.29, 0.717) is 16.7 Å². The minimum absolute atomic E-state index is 0.0487. The zero-order valence-corrected chi connectivity index (χ0v) is 32.7. The fraction of sp³-hybridized carbons (Fsp3) is 0.674. The molecule has 0 amide bonds. The molecule has 0 bridgehead atoms. The number of carbonyl (C=O) groups is 1. The highest BCUT2D eigenvalue weighted by Gasteiger charge is 2.59. The Balaban J connectivity index is 0.999. The summed E-state index contributed by atoms with van der Waals surface area (Å²) in [5.74, 6) is 5.64. The van der Waals surface area contributed by atoms with Crippen molar-refractivity contribution in [3.8, 4) is 5.75 Å². The van der Waals surface area contributed by atoms with E-state index in [-0.39, 0.29) is 17.5 Å². The molecule has 6 rings (SSSR count).